The molecular weight excluding hydrogens is 1860 g/mol. The topological polar surface area (TPSA) is 607 Å². The molecule has 0 aromatic heterocycles. The van der Waals surface area contributed by atoms with Crippen LogP contribution in [0.3, 0.4) is 0 Å². The molecule has 0 radical (unpaired) electrons. The van der Waals surface area contributed by atoms with Crippen LogP contribution >= 0.6 is 7.82 Å². The molecule has 0 saturated heterocycles. The zero-order valence-electron chi connectivity index (χ0n) is 22.4. The van der Waals surface area contributed by atoms with E-state index in [1.807, 2.05) is 0 Å². The fourth-order valence-corrected chi connectivity index (χ4v) is 60.0. The SMILES string of the molecule is O=P([O][Mo](=[O])(=[O])[O][Mo](=[O])(=[O])[O][Mo](=[O])(=[O])[O][Mo](=[O])(=[O])[O-])([O][Mo](=[O])(=[O])[O][Mo](=[O])(=[O])[O][Mo](=[O])(=[O])[O][Mo](=[O])(=[O])[O-])[O][Mo](=[O])(=[O])[O][Mo](=[O])(=[O])[O][Mo](=[O])(=[O])[O][Mo](=[O])(=[O])[O-].[Ca+2]. The second-order valence-corrected chi connectivity index (χ2v) is 55.7. The minimum Gasteiger partial charge on any atom is 2.00 e. The van der Waals surface area contributed by atoms with Crippen LogP contribution in [0.25, 0.3) is 0 Å². The van der Waals surface area contributed by atoms with Crippen LogP contribution in [0.2, 0.25) is 0 Å². The van der Waals surface area contributed by atoms with Crippen molar-refractivity contribution in [3.05, 3.63) is 0 Å². The van der Waals surface area contributed by atoms with Crippen molar-refractivity contribution in [2.24, 2.45) is 0 Å². The van der Waals surface area contributed by atoms with E-state index in [0.717, 1.165) is 0 Å². The van der Waals surface area contributed by atoms with Crippen LogP contribution < -0.4 is 11.3 Å². The molecule has 0 aliphatic rings. The summed E-state index contributed by atoms with van der Waals surface area (Å²) in [6.45, 7) is 0. The Labute approximate surface area is 363 Å². The molecule has 0 aromatic carbocycles. The van der Waals surface area contributed by atoms with Gasteiger partial charge in [-0.2, -0.15) is 0 Å². The number of hydrogen-bond acceptors (Lipinski definition) is 40. The number of phosphoric acid groups is 1. The van der Waals surface area contributed by atoms with Gasteiger partial charge in [-0.25, -0.2) is 0 Å². The molecule has 0 atom stereocenters. The maximum Gasteiger partial charge on any atom is 2.00 e. The van der Waals surface area contributed by atoms with E-state index in [1.54, 1.807) is 0 Å². The number of rotatable bonds is 24. The predicted octanol–water partition coefficient (Wildman–Crippen LogP) is -6.91. The van der Waals surface area contributed by atoms with E-state index in [4.69, 9.17) is 0 Å². The van der Waals surface area contributed by atoms with Crippen LogP contribution in [0.15, 0.2) is 0 Å². The largest absolute Gasteiger partial charge is 2.00 e. The molecule has 0 unspecified atom stereocenters. The summed E-state index contributed by atoms with van der Waals surface area (Å²) in [6, 6.07) is 0. The van der Waals surface area contributed by atoms with Crippen LogP contribution in [-0.4, -0.2) is 37.7 Å². The second-order valence-electron chi connectivity index (χ2n) is 6.18. The van der Waals surface area contributed by atoms with Crippen molar-refractivity contribution in [2.45, 2.75) is 0 Å². The van der Waals surface area contributed by atoms with Gasteiger partial charge >= 0.3 is 372 Å². The molecule has 0 N–H and O–H groups in total. The first-order chi connectivity index (χ1) is 22.5. The van der Waals surface area contributed by atoms with Crippen molar-refractivity contribution in [3.63, 3.8) is 0 Å². The van der Waals surface area contributed by atoms with E-state index in [1.165, 1.54) is 0 Å². The second kappa shape index (κ2) is 20.5. The van der Waals surface area contributed by atoms with Gasteiger partial charge in [0.25, 0.3) is 0 Å². The van der Waals surface area contributed by atoms with Gasteiger partial charge in [0.1, 0.15) is 0 Å². The van der Waals surface area contributed by atoms with Crippen molar-refractivity contribution in [2.75, 3.05) is 0 Å². The van der Waals surface area contributed by atoms with Crippen molar-refractivity contribution in [1.29, 1.82) is 0 Å². The third-order valence-corrected chi connectivity index (χ3v) is 62.2. The average Bonchev–Trinajstić information content (AvgIpc) is 2.58. The summed E-state index contributed by atoms with van der Waals surface area (Å²) in [4.78, 5) is 0. The first-order valence-corrected chi connectivity index (χ1v) is 49.5. The summed E-state index contributed by atoms with van der Waals surface area (Å²) in [6.07, 6.45) is 0. The van der Waals surface area contributed by atoms with Gasteiger partial charge in [0.05, 0.1) is 0 Å². The summed E-state index contributed by atoms with van der Waals surface area (Å²) in [5, 5.41) is 0. The Morgan fingerprint density at radius 3 is 0.537 bits per heavy atom. The smallest absolute Gasteiger partial charge is 2.00 e. The third kappa shape index (κ3) is 29.6. The van der Waals surface area contributed by atoms with Gasteiger partial charge in [-0.15, -0.1) is 0 Å². The Morgan fingerprint density at radius 1 is 0.259 bits per heavy atom. The van der Waals surface area contributed by atoms with Crippen LogP contribution in [-0.2, 0) is 315 Å². The van der Waals surface area contributed by atoms with E-state index in [-0.39, 0.29) is 37.7 Å². The summed E-state index contributed by atoms with van der Waals surface area (Å²) >= 11 is -98.5. The van der Waals surface area contributed by atoms with Gasteiger partial charge in [0, 0.05) is 0 Å². The van der Waals surface area contributed by atoms with Gasteiger partial charge in [0.2, 0.25) is 0 Å². The first-order valence-electron chi connectivity index (χ1n) is 8.73. The summed E-state index contributed by atoms with van der Waals surface area (Å²) in [5.74, 6) is 0. The van der Waals surface area contributed by atoms with E-state index in [2.05, 4.69) is 27.9 Å². The van der Waals surface area contributed by atoms with E-state index in [9.17, 15) is 97.4 Å². The molecule has 0 heterocycles. The molecule has 54 heteroatoms. The Hall–Kier alpha value is 4.35. The van der Waals surface area contributed by atoms with Gasteiger partial charge in [0.15, 0.2) is 0 Å². The fraction of sp³-hybridized carbons (Fsp3) is 0. The normalized spacial score (nSPS) is 15.3. The zero-order valence-corrected chi connectivity index (χ0v) is 49.6. The molecule has 0 bridgehead atoms. The molecule has 0 amide bonds. The van der Waals surface area contributed by atoms with E-state index < -0.39 is 209 Å². The summed E-state index contributed by atoms with van der Waals surface area (Å²) in [7, 11) is -7.94. The van der Waals surface area contributed by atoms with Crippen LogP contribution in [0.5, 0.6) is 0 Å². The molecule has 40 nitrogen and oxygen atoms in total. The van der Waals surface area contributed by atoms with Crippen LogP contribution in [0.1, 0.15) is 0 Å². The van der Waals surface area contributed by atoms with Crippen LogP contribution in [0, 0.1) is 0 Å². The summed E-state index contributed by atoms with van der Waals surface area (Å²) < 4.78 is 351. The minimum absolute atomic E-state index is 0. The molecule has 0 fully saturated rings. The molecule has 320 valence electrons. The maximum atomic E-state index is 12.7. The molecule has 0 aliphatic carbocycles. The Morgan fingerprint density at radius 2 is 0.389 bits per heavy atom. The molecule has 0 aromatic rings. The van der Waals surface area contributed by atoms with Crippen molar-refractivity contribution in [1.82, 2.24) is 0 Å². The summed E-state index contributed by atoms with van der Waals surface area (Å²) in [5.41, 5.74) is 0. The van der Waals surface area contributed by atoms with Gasteiger partial charge in [-0.05, 0) is 0 Å². The van der Waals surface area contributed by atoms with Gasteiger partial charge < -0.3 is 0 Å². The number of hydrogen-bond donors (Lipinski definition) is 0. The monoisotopic (exact) mass is 1890 g/mol. The first kappa shape index (κ1) is 60.4. The molecular formula is CaMo12O40P-. The van der Waals surface area contributed by atoms with E-state index in [0.29, 0.717) is 0 Å². The fourth-order valence-electron chi connectivity index (χ4n) is 1.40. The molecule has 0 spiro atoms. The maximum absolute atomic E-state index is 12.7. The van der Waals surface area contributed by atoms with Gasteiger partial charge in [-0.1, -0.05) is 0 Å². The third-order valence-electron chi connectivity index (χ3n) is 2.05. The van der Waals surface area contributed by atoms with Crippen molar-refractivity contribution < 1.29 is 326 Å². The standard InChI is InChI=1S/Ca.12Mo.H3O4P.36O/c;;;;;;;;;;;;;1-5(2,3)4;;;;;;;;;;;;;;;;;;;;;;;;;;;;;;;;;;;;/h;;;;;;;;;;;;;(H3,1,2,3,4);;;;;;;;;;;;;;;;;;;;;;;;;;;;;;;;;;;;/q+2;;;;;;;;;;3*+1;;;;;;;;;;;;;;;;;;;;;;;;;;;;;;;;;;;3*-1/p-3. The van der Waals surface area contributed by atoms with Crippen LogP contribution in [0.4, 0.5) is 0 Å². The quantitative estimate of drug-likeness (QED) is 0.0640. The Balaban J connectivity index is 0. The van der Waals surface area contributed by atoms with E-state index >= 15 is 0 Å². The molecule has 0 rings (SSSR count). The predicted molar refractivity (Wildman–Crippen MR) is 42.9 cm³/mol. The Kier molecular flexibility index (Phi) is 22.9. The zero-order chi connectivity index (χ0) is 43.0. The molecule has 0 saturated carbocycles. The average molecular weight is 1860 g/mol. The minimum atomic E-state index is -8.82. The van der Waals surface area contributed by atoms with Gasteiger partial charge in [-0.3, -0.25) is 0 Å². The van der Waals surface area contributed by atoms with Crippen molar-refractivity contribution in [3.8, 4) is 0 Å². The molecule has 0 aliphatic heterocycles. The van der Waals surface area contributed by atoms with Crippen molar-refractivity contribution >= 4 is 45.6 Å². The molecule has 54 heavy (non-hydrogen) atoms. The Bertz CT molecular complexity index is 2510.